The van der Waals surface area contributed by atoms with Crippen molar-refractivity contribution in [3.05, 3.63) is 72.8 Å². The number of hydrogen-bond acceptors (Lipinski definition) is 3. The number of amides is 1. The fraction of sp³-hybridized carbons (Fsp3) is 0.435. The highest BCUT2D eigenvalue weighted by Gasteiger charge is 2.14. The van der Waals surface area contributed by atoms with E-state index in [4.69, 9.17) is 9.84 Å². The largest absolute Gasteiger partial charge is 0.516 e. The molecule has 1 unspecified atom stereocenters. The van der Waals surface area contributed by atoms with E-state index >= 15 is 0 Å². The van der Waals surface area contributed by atoms with Crippen molar-refractivity contribution in [2.45, 2.75) is 46.5 Å². The topological polar surface area (TPSA) is 58.6 Å². The van der Waals surface area contributed by atoms with E-state index in [1.165, 1.54) is 0 Å². The Balaban J connectivity index is 4.45. The Morgan fingerprint density at radius 2 is 1.93 bits per heavy atom. The molecule has 0 aliphatic rings. The van der Waals surface area contributed by atoms with Crippen molar-refractivity contribution in [2.24, 2.45) is 5.92 Å². The Bertz CT molecular complexity index is 554. The normalized spacial score (nSPS) is 14.3. The Labute approximate surface area is 164 Å². The Kier molecular flexibility index (Phi) is 16.6. The molecule has 1 amide bonds. The number of ether oxygens (including phenoxy) is 1. The van der Waals surface area contributed by atoms with Crippen LogP contribution in [0.15, 0.2) is 72.8 Å². The molecule has 0 fully saturated rings. The fourth-order valence-corrected chi connectivity index (χ4v) is 2.35. The average molecular weight is 374 g/mol. The molecule has 0 radical (unpaired) electrons. The summed E-state index contributed by atoms with van der Waals surface area (Å²) in [5.74, 6) is 0.901. The number of allylic oxidation sites excluding steroid dienone is 9. The van der Waals surface area contributed by atoms with Gasteiger partial charge in [-0.3, -0.25) is 4.79 Å². The number of nitrogens with one attached hydrogen (secondary N) is 1. The molecule has 0 spiro atoms. The van der Waals surface area contributed by atoms with Gasteiger partial charge in [-0.25, -0.2) is 0 Å². The molecule has 27 heavy (non-hydrogen) atoms. The van der Waals surface area contributed by atoms with Gasteiger partial charge < -0.3 is 15.2 Å². The number of rotatable bonds is 14. The number of carbonyl (C=O) groups is 1. The van der Waals surface area contributed by atoms with Crippen LogP contribution in [0.2, 0.25) is 0 Å². The van der Waals surface area contributed by atoms with Gasteiger partial charge in [0.1, 0.15) is 5.76 Å². The summed E-state index contributed by atoms with van der Waals surface area (Å²) in [7, 11) is 0. The molecule has 1 atom stereocenters. The first-order valence-electron chi connectivity index (χ1n) is 9.70. The van der Waals surface area contributed by atoms with Gasteiger partial charge in [-0.1, -0.05) is 55.9 Å². The van der Waals surface area contributed by atoms with Gasteiger partial charge in [0.05, 0.1) is 12.9 Å². The lowest BCUT2D eigenvalue weighted by molar-refractivity contribution is -0.124. The number of carbonyl (C=O) groups excluding carboxylic acids is 1. The predicted octanol–water partition coefficient (Wildman–Crippen LogP) is 5.54. The van der Waals surface area contributed by atoms with Crippen LogP contribution in [0.1, 0.15) is 46.5 Å². The summed E-state index contributed by atoms with van der Waals surface area (Å²) in [6, 6.07) is 0. The average Bonchev–Trinajstić information content (AvgIpc) is 2.66. The smallest absolute Gasteiger partial charge is 0.223 e. The van der Waals surface area contributed by atoms with Crippen molar-refractivity contribution in [3.8, 4) is 0 Å². The summed E-state index contributed by atoms with van der Waals surface area (Å²) in [5.41, 5.74) is 0. The molecule has 0 aromatic carbocycles. The molecule has 0 saturated carbocycles. The maximum atomic E-state index is 12.3. The lowest BCUT2D eigenvalue weighted by Crippen LogP contribution is -2.30. The van der Waals surface area contributed by atoms with Crippen molar-refractivity contribution in [2.75, 3.05) is 13.2 Å². The lowest BCUT2D eigenvalue weighted by atomic mass is 9.98. The predicted molar refractivity (Wildman–Crippen MR) is 114 cm³/mol. The van der Waals surface area contributed by atoms with Crippen LogP contribution in [0, 0.1) is 5.92 Å². The SMILES string of the molecule is C\C=C/C(=C\C=C\C=C\CC(CCC)C(=O)NC/C=C/C/C=C\O)OCC. The van der Waals surface area contributed by atoms with Crippen molar-refractivity contribution in [3.63, 3.8) is 0 Å². The second kappa shape index (κ2) is 18.3. The van der Waals surface area contributed by atoms with Crippen LogP contribution in [0.5, 0.6) is 0 Å². The van der Waals surface area contributed by atoms with Gasteiger partial charge in [-0.15, -0.1) is 0 Å². The van der Waals surface area contributed by atoms with Crippen molar-refractivity contribution in [1.29, 1.82) is 0 Å². The molecule has 150 valence electrons. The van der Waals surface area contributed by atoms with Crippen LogP contribution in [0.4, 0.5) is 0 Å². The maximum absolute atomic E-state index is 12.3. The van der Waals surface area contributed by atoms with Gasteiger partial charge in [0.25, 0.3) is 0 Å². The van der Waals surface area contributed by atoms with Crippen LogP contribution in [-0.2, 0) is 9.53 Å². The van der Waals surface area contributed by atoms with Crippen LogP contribution < -0.4 is 5.32 Å². The summed E-state index contributed by atoms with van der Waals surface area (Å²) in [6.45, 7) is 7.16. The number of aliphatic hydroxyl groups excluding tert-OH is 1. The number of hydrogen-bond donors (Lipinski definition) is 2. The molecular weight excluding hydrogens is 338 g/mol. The molecular formula is C23H35NO3. The monoisotopic (exact) mass is 373 g/mol. The van der Waals surface area contributed by atoms with E-state index in [1.54, 1.807) is 6.08 Å². The minimum absolute atomic E-state index is 0.0112. The molecule has 0 bridgehead atoms. The summed E-state index contributed by atoms with van der Waals surface area (Å²) < 4.78 is 5.48. The zero-order valence-corrected chi connectivity index (χ0v) is 16.9. The van der Waals surface area contributed by atoms with E-state index in [0.29, 0.717) is 19.6 Å². The van der Waals surface area contributed by atoms with Gasteiger partial charge in [0, 0.05) is 12.5 Å². The molecule has 4 nitrogen and oxygen atoms in total. The van der Waals surface area contributed by atoms with Crippen molar-refractivity contribution < 1.29 is 14.6 Å². The standard InChI is InChI=1S/C23H35NO3/c1-4-15-21(23(26)24-19-13-9-10-14-20-25)17-11-7-8-12-18-22(16-5-2)27-6-3/h5,7-9,11-14,16,18,20-21,25H,4,6,10,15,17,19H2,1-3H3,(H,24,26)/b11-7+,12-8+,13-9+,16-5-,20-14-,22-18+. The van der Waals surface area contributed by atoms with Gasteiger partial charge in [0.2, 0.25) is 5.91 Å². The third-order valence-electron chi connectivity index (χ3n) is 3.63. The van der Waals surface area contributed by atoms with E-state index in [-0.39, 0.29) is 11.8 Å². The molecule has 0 aromatic rings. The zero-order chi connectivity index (χ0) is 20.2. The molecule has 0 saturated heterocycles. The van der Waals surface area contributed by atoms with Crippen LogP contribution in [0.25, 0.3) is 0 Å². The molecule has 0 aromatic heterocycles. The first-order valence-corrected chi connectivity index (χ1v) is 9.70. The Morgan fingerprint density at radius 3 is 2.59 bits per heavy atom. The minimum atomic E-state index is -0.0112. The lowest BCUT2D eigenvalue weighted by Gasteiger charge is -2.13. The van der Waals surface area contributed by atoms with Crippen LogP contribution in [-0.4, -0.2) is 24.2 Å². The van der Waals surface area contributed by atoms with Gasteiger partial charge >= 0.3 is 0 Å². The molecule has 2 N–H and O–H groups in total. The summed E-state index contributed by atoms with van der Waals surface area (Å²) in [6.07, 6.45) is 23.3. The second-order valence-corrected chi connectivity index (χ2v) is 5.87. The van der Waals surface area contributed by atoms with Gasteiger partial charge in [0.15, 0.2) is 0 Å². The summed E-state index contributed by atoms with van der Waals surface area (Å²) in [4.78, 5) is 12.3. The highest BCUT2D eigenvalue weighted by atomic mass is 16.5. The van der Waals surface area contributed by atoms with Crippen molar-refractivity contribution in [1.82, 2.24) is 5.32 Å². The van der Waals surface area contributed by atoms with E-state index in [9.17, 15) is 4.79 Å². The van der Waals surface area contributed by atoms with Gasteiger partial charge in [-0.2, -0.15) is 0 Å². The third kappa shape index (κ3) is 14.4. The zero-order valence-electron chi connectivity index (χ0n) is 16.9. The third-order valence-corrected chi connectivity index (χ3v) is 3.63. The summed E-state index contributed by atoms with van der Waals surface area (Å²) >= 11 is 0. The molecule has 0 aliphatic carbocycles. The molecule has 4 heteroatoms. The molecule has 0 aliphatic heterocycles. The minimum Gasteiger partial charge on any atom is -0.516 e. The quantitative estimate of drug-likeness (QED) is 0.239. The fourth-order valence-electron chi connectivity index (χ4n) is 2.35. The Hall–Kier alpha value is -2.49. The summed E-state index contributed by atoms with van der Waals surface area (Å²) in [5, 5.41) is 11.5. The van der Waals surface area contributed by atoms with E-state index in [2.05, 4.69) is 12.2 Å². The van der Waals surface area contributed by atoms with Crippen LogP contribution in [0.3, 0.4) is 0 Å². The molecule has 0 heterocycles. The second-order valence-electron chi connectivity index (χ2n) is 5.87. The van der Waals surface area contributed by atoms with E-state index in [0.717, 1.165) is 31.3 Å². The first-order chi connectivity index (χ1) is 13.2. The Morgan fingerprint density at radius 1 is 1.11 bits per heavy atom. The maximum Gasteiger partial charge on any atom is 0.223 e. The first kappa shape index (κ1) is 24.5. The van der Waals surface area contributed by atoms with E-state index < -0.39 is 0 Å². The van der Waals surface area contributed by atoms with E-state index in [1.807, 2.05) is 68.5 Å². The number of aliphatic hydroxyl groups is 1. The van der Waals surface area contributed by atoms with Gasteiger partial charge in [-0.05, 0) is 51.3 Å². The highest BCUT2D eigenvalue weighted by Crippen LogP contribution is 2.12. The van der Waals surface area contributed by atoms with Crippen molar-refractivity contribution >= 4 is 5.91 Å². The van der Waals surface area contributed by atoms with Crippen LogP contribution >= 0.6 is 0 Å². The highest BCUT2D eigenvalue weighted by molar-refractivity contribution is 5.78. The molecule has 0 rings (SSSR count).